The Kier molecular flexibility index (Phi) is 4.51. The van der Waals surface area contributed by atoms with Gasteiger partial charge in [-0.05, 0) is 86.5 Å². The van der Waals surface area contributed by atoms with Crippen molar-refractivity contribution in [3.8, 4) is 5.75 Å². The van der Waals surface area contributed by atoms with Crippen LogP contribution in [0.3, 0.4) is 0 Å². The fourth-order valence-electron chi connectivity index (χ4n) is 4.97. The fraction of sp³-hybridized carbons (Fsp3) is 0.667. The van der Waals surface area contributed by atoms with Crippen LogP contribution in [0.4, 0.5) is 0 Å². The first-order valence-corrected chi connectivity index (χ1v) is 9.81. The highest BCUT2D eigenvalue weighted by Crippen LogP contribution is 2.44. The van der Waals surface area contributed by atoms with Gasteiger partial charge in [0.05, 0.1) is 0 Å². The van der Waals surface area contributed by atoms with Crippen molar-refractivity contribution >= 4 is 5.91 Å². The number of ether oxygens (including phenoxy) is 1. The average molecular weight is 327 g/mol. The number of hydrogen-bond donors (Lipinski definition) is 1. The number of nitrogens with one attached hydrogen (secondary N) is 1. The molecule has 1 amide bonds. The summed E-state index contributed by atoms with van der Waals surface area (Å²) in [5, 5.41) is 3.28. The van der Waals surface area contributed by atoms with Gasteiger partial charge in [0.25, 0.3) is 5.91 Å². The van der Waals surface area contributed by atoms with E-state index in [9.17, 15) is 4.79 Å². The molecule has 1 aromatic rings. The van der Waals surface area contributed by atoms with Gasteiger partial charge < -0.3 is 10.1 Å². The van der Waals surface area contributed by atoms with Gasteiger partial charge in [-0.2, -0.15) is 0 Å². The quantitative estimate of drug-likeness (QED) is 0.887. The van der Waals surface area contributed by atoms with Crippen molar-refractivity contribution in [2.24, 2.45) is 11.8 Å². The van der Waals surface area contributed by atoms with Crippen LogP contribution in [0.5, 0.6) is 5.75 Å². The molecule has 0 unspecified atom stereocenters. The maximum absolute atomic E-state index is 12.7. The van der Waals surface area contributed by atoms with Crippen molar-refractivity contribution in [2.45, 2.75) is 76.9 Å². The van der Waals surface area contributed by atoms with Crippen molar-refractivity contribution in [2.75, 3.05) is 0 Å². The molecule has 2 saturated carbocycles. The zero-order valence-corrected chi connectivity index (χ0v) is 14.7. The second-order valence-electron chi connectivity index (χ2n) is 7.94. The minimum Gasteiger partial charge on any atom is -0.481 e. The molecule has 2 bridgehead atoms. The standard InChI is InChI=1S/C21H29NO2/c1-2-20(21(23)22-19-12-14-7-8-17(19)11-14)24-18-10-9-15-5-3-4-6-16(15)13-18/h9-10,13-14,17,19-20H,2-8,11-12H2,1H3,(H,22,23)/t14-,17-,19-,20+/m1/s1. The number of rotatable bonds is 5. The van der Waals surface area contributed by atoms with Crippen molar-refractivity contribution in [3.63, 3.8) is 0 Å². The van der Waals surface area contributed by atoms with Crippen LogP contribution in [0.25, 0.3) is 0 Å². The molecule has 0 aliphatic heterocycles. The van der Waals surface area contributed by atoms with E-state index in [1.165, 1.54) is 56.1 Å². The summed E-state index contributed by atoms with van der Waals surface area (Å²) in [6.07, 6.45) is 10.3. The number of aryl methyl sites for hydroxylation is 2. The van der Waals surface area contributed by atoms with E-state index in [-0.39, 0.29) is 12.0 Å². The lowest BCUT2D eigenvalue weighted by Gasteiger charge is -2.26. The molecule has 3 heteroatoms. The van der Waals surface area contributed by atoms with E-state index in [0.29, 0.717) is 18.4 Å². The van der Waals surface area contributed by atoms with Gasteiger partial charge in [0.15, 0.2) is 6.10 Å². The van der Waals surface area contributed by atoms with Crippen LogP contribution in [0, 0.1) is 11.8 Å². The Bertz CT molecular complexity index is 612. The Morgan fingerprint density at radius 3 is 2.75 bits per heavy atom. The van der Waals surface area contributed by atoms with E-state index in [1.54, 1.807) is 0 Å². The van der Waals surface area contributed by atoms with Gasteiger partial charge in [-0.3, -0.25) is 4.79 Å². The molecule has 0 spiro atoms. The number of fused-ring (bicyclic) bond motifs is 3. The predicted octanol–water partition coefficient (Wildman–Crippen LogP) is 4.03. The van der Waals surface area contributed by atoms with Crippen molar-refractivity contribution < 1.29 is 9.53 Å². The van der Waals surface area contributed by atoms with E-state index in [1.807, 2.05) is 13.0 Å². The SMILES string of the molecule is CC[C@H](Oc1ccc2c(c1)CCCC2)C(=O)N[C@@H]1C[C@@H]2CC[C@@H]1C2. The third-order valence-electron chi connectivity index (χ3n) is 6.33. The topological polar surface area (TPSA) is 38.3 Å². The molecule has 130 valence electrons. The first-order chi connectivity index (χ1) is 11.7. The Morgan fingerprint density at radius 1 is 1.21 bits per heavy atom. The highest BCUT2D eigenvalue weighted by molar-refractivity contribution is 5.81. The number of benzene rings is 1. The monoisotopic (exact) mass is 327 g/mol. The molecule has 4 rings (SSSR count). The summed E-state index contributed by atoms with van der Waals surface area (Å²) in [7, 11) is 0. The lowest BCUT2D eigenvalue weighted by Crippen LogP contribution is -2.45. The summed E-state index contributed by atoms with van der Waals surface area (Å²) in [4.78, 5) is 12.7. The minimum absolute atomic E-state index is 0.0766. The van der Waals surface area contributed by atoms with Gasteiger partial charge >= 0.3 is 0 Å². The van der Waals surface area contributed by atoms with Crippen molar-refractivity contribution in [1.82, 2.24) is 5.32 Å². The molecule has 3 aliphatic carbocycles. The minimum atomic E-state index is -0.370. The molecule has 0 aromatic heterocycles. The van der Waals surface area contributed by atoms with E-state index >= 15 is 0 Å². The molecule has 0 saturated heterocycles. The van der Waals surface area contributed by atoms with Crippen LogP contribution >= 0.6 is 0 Å². The van der Waals surface area contributed by atoms with E-state index in [0.717, 1.165) is 18.1 Å². The predicted molar refractivity (Wildman–Crippen MR) is 95.2 cm³/mol. The smallest absolute Gasteiger partial charge is 0.261 e. The van der Waals surface area contributed by atoms with Crippen molar-refractivity contribution in [3.05, 3.63) is 29.3 Å². The largest absolute Gasteiger partial charge is 0.481 e. The van der Waals surface area contributed by atoms with E-state index in [4.69, 9.17) is 4.74 Å². The molecule has 3 aliphatic rings. The molecule has 0 radical (unpaired) electrons. The van der Waals surface area contributed by atoms with Crippen molar-refractivity contribution in [1.29, 1.82) is 0 Å². The van der Waals surface area contributed by atoms with Crippen LogP contribution in [-0.4, -0.2) is 18.1 Å². The molecule has 0 heterocycles. The molecular formula is C21H29NO2. The molecule has 3 nitrogen and oxygen atoms in total. The summed E-state index contributed by atoms with van der Waals surface area (Å²) in [6, 6.07) is 6.77. The highest BCUT2D eigenvalue weighted by atomic mass is 16.5. The summed E-state index contributed by atoms with van der Waals surface area (Å²) < 4.78 is 6.07. The molecular weight excluding hydrogens is 298 g/mol. The molecule has 2 fully saturated rings. The van der Waals surface area contributed by atoms with Crippen LogP contribution in [0.1, 0.15) is 63.0 Å². The van der Waals surface area contributed by atoms with Gasteiger partial charge in [0, 0.05) is 6.04 Å². The second-order valence-corrected chi connectivity index (χ2v) is 7.94. The molecule has 24 heavy (non-hydrogen) atoms. The van der Waals surface area contributed by atoms with Crippen LogP contribution in [-0.2, 0) is 17.6 Å². The number of amides is 1. The number of hydrogen-bond acceptors (Lipinski definition) is 2. The first kappa shape index (κ1) is 16.0. The Labute approximate surface area is 145 Å². The molecule has 1 aromatic carbocycles. The molecule has 4 atom stereocenters. The zero-order valence-electron chi connectivity index (χ0n) is 14.7. The Hall–Kier alpha value is -1.51. The lowest BCUT2D eigenvalue weighted by atomic mass is 9.92. The van der Waals surface area contributed by atoms with Gasteiger partial charge in [-0.25, -0.2) is 0 Å². The third kappa shape index (κ3) is 3.18. The number of carbonyl (C=O) groups is 1. The number of carbonyl (C=O) groups excluding carboxylic acids is 1. The highest BCUT2D eigenvalue weighted by Gasteiger charge is 2.40. The van der Waals surface area contributed by atoms with Gasteiger partial charge in [-0.1, -0.05) is 19.4 Å². The normalized spacial score (nSPS) is 29.1. The van der Waals surface area contributed by atoms with Gasteiger partial charge in [0.1, 0.15) is 5.75 Å². The fourth-order valence-corrected chi connectivity index (χ4v) is 4.97. The Morgan fingerprint density at radius 2 is 2.04 bits per heavy atom. The Balaban J connectivity index is 1.39. The summed E-state index contributed by atoms with van der Waals surface area (Å²) in [5.41, 5.74) is 2.86. The summed E-state index contributed by atoms with van der Waals surface area (Å²) in [6.45, 7) is 2.03. The van der Waals surface area contributed by atoms with Gasteiger partial charge in [0.2, 0.25) is 0 Å². The first-order valence-electron chi connectivity index (χ1n) is 9.81. The summed E-state index contributed by atoms with van der Waals surface area (Å²) in [5.74, 6) is 2.49. The second kappa shape index (κ2) is 6.78. The molecule has 1 N–H and O–H groups in total. The average Bonchev–Trinajstić information content (AvgIpc) is 3.22. The third-order valence-corrected chi connectivity index (χ3v) is 6.33. The van der Waals surface area contributed by atoms with Crippen LogP contribution < -0.4 is 10.1 Å². The van der Waals surface area contributed by atoms with E-state index in [2.05, 4.69) is 17.4 Å². The maximum atomic E-state index is 12.7. The lowest BCUT2D eigenvalue weighted by molar-refractivity contribution is -0.129. The zero-order chi connectivity index (χ0) is 16.5. The van der Waals surface area contributed by atoms with Gasteiger partial charge in [-0.15, -0.1) is 0 Å². The van der Waals surface area contributed by atoms with Crippen LogP contribution in [0.15, 0.2) is 18.2 Å². The summed E-state index contributed by atoms with van der Waals surface area (Å²) >= 11 is 0. The van der Waals surface area contributed by atoms with Crippen LogP contribution in [0.2, 0.25) is 0 Å². The maximum Gasteiger partial charge on any atom is 0.261 e. The van der Waals surface area contributed by atoms with E-state index < -0.39 is 0 Å².